The number of piperidine rings is 2. The second-order valence-corrected chi connectivity index (χ2v) is 15.2. The molecular weight excluding hydrogens is 750 g/mol. The van der Waals surface area contributed by atoms with E-state index in [1.165, 1.54) is 5.56 Å². The lowest BCUT2D eigenvalue weighted by molar-refractivity contribution is -0.144. The number of amides is 2. The number of nitrogens with zero attached hydrogens (tertiary/aromatic N) is 4. The van der Waals surface area contributed by atoms with Crippen molar-refractivity contribution in [1.82, 2.24) is 24.7 Å². The zero-order valence-corrected chi connectivity index (χ0v) is 31.0. The standard InChI is InChI=1S/C23H26Br2N4O2.C14H19N3O/c1-28-10-8-15(9-11-28)14-29-20-5-3-2-4-19(20)27-21(29)23(26,22(30)31)13-16-6-7-17(24)18(25)12-16;18-14-16-13-4-2-1-3-11(13)7-10-17(14)12-5-8-15-9-6-12/h2-7,12,15H,8-11,13-14,26H2,1H3,(H,30,31);1-4,12,15H,5-10H2,(H,16,18). The molecule has 7 rings (SSSR count). The summed E-state index contributed by atoms with van der Waals surface area (Å²) in [5.74, 6) is -0.196. The molecule has 4 aromatic rings. The minimum Gasteiger partial charge on any atom is -0.480 e. The molecule has 4 heterocycles. The van der Waals surface area contributed by atoms with Gasteiger partial charge in [-0.1, -0.05) is 36.4 Å². The van der Waals surface area contributed by atoms with E-state index in [1.807, 2.05) is 70.1 Å². The number of para-hydroxylation sites is 3. The minimum absolute atomic E-state index is 0.0619. The lowest BCUT2D eigenvalue weighted by Crippen LogP contribution is -2.49. The van der Waals surface area contributed by atoms with Gasteiger partial charge in [0.2, 0.25) is 0 Å². The predicted octanol–water partition coefficient (Wildman–Crippen LogP) is 6.21. The van der Waals surface area contributed by atoms with E-state index in [9.17, 15) is 14.7 Å². The Morgan fingerprint density at radius 2 is 1.69 bits per heavy atom. The molecule has 2 fully saturated rings. The van der Waals surface area contributed by atoms with Gasteiger partial charge >= 0.3 is 12.0 Å². The smallest absolute Gasteiger partial charge is 0.331 e. The fraction of sp³-hybridized carbons (Fsp3) is 0.432. The van der Waals surface area contributed by atoms with Crippen LogP contribution < -0.4 is 16.4 Å². The third-order valence-corrected chi connectivity index (χ3v) is 12.0. The third kappa shape index (κ3) is 8.20. The molecule has 0 spiro atoms. The van der Waals surface area contributed by atoms with Gasteiger partial charge in [-0.25, -0.2) is 14.6 Å². The lowest BCUT2D eigenvalue weighted by Gasteiger charge is -2.33. The molecule has 1 atom stereocenters. The van der Waals surface area contributed by atoms with Crippen molar-refractivity contribution in [1.29, 1.82) is 0 Å². The molecule has 0 radical (unpaired) electrons. The highest BCUT2D eigenvalue weighted by Crippen LogP contribution is 2.32. The number of imidazole rings is 1. The number of likely N-dealkylation sites (tertiary alicyclic amines) is 1. The molecule has 3 aliphatic heterocycles. The summed E-state index contributed by atoms with van der Waals surface area (Å²) in [5.41, 5.74) is 9.77. The number of aromatic nitrogens is 2. The van der Waals surface area contributed by atoms with Crippen LogP contribution >= 0.6 is 31.9 Å². The molecular formula is C37H45Br2N7O3. The monoisotopic (exact) mass is 793 g/mol. The molecule has 0 saturated carbocycles. The number of nitrogens with two attached hydrogens (primary N) is 1. The van der Waals surface area contributed by atoms with Crippen molar-refractivity contribution < 1.29 is 14.7 Å². The Balaban J connectivity index is 0.000000195. The maximum Gasteiger partial charge on any atom is 0.331 e. The van der Waals surface area contributed by atoms with Crippen LogP contribution in [-0.4, -0.2) is 82.3 Å². The van der Waals surface area contributed by atoms with Gasteiger partial charge < -0.3 is 35.8 Å². The molecule has 0 bridgehead atoms. The van der Waals surface area contributed by atoms with Gasteiger partial charge in [-0.2, -0.15) is 0 Å². The molecule has 1 aromatic heterocycles. The number of carbonyl (C=O) groups excluding carboxylic acids is 1. The summed E-state index contributed by atoms with van der Waals surface area (Å²) in [6, 6.07) is 22.0. The predicted molar refractivity (Wildman–Crippen MR) is 201 cm³/mol. The van der Waals surface area contributed by atoms with Crippen LogP contribution in [0.2, 0.25) is 0 Å². The topological polar surface area (TPSA) is 129 Å². The Labute approximate surface area is 304 Å². The van der Waals surface area contributed by atoms with E-state index in [0.29, 0.717) is 17.8 Å². The summed E-state index contributed by atoms with van der Waals surface area (Å²) in [7, 11) is 2.14. The summed E-state index contributed by atoms with van der Waals surface area (Å²) in [4.78, 5) is 33.9. The number of carboxylic acid groups (broad SMARTS) is 1. The van der Waals surface area contributed by atoms with E-state index < -0.39 is 11.5 Å². The van der Waals surface area contributed by atoms with Crippen LogP contribution in [0.1, 0.15) is 42.6 Å². The molecule has 12 heteroatoms. The number of hydrogen-bond acceptors (Lipinski definition) is 6. The number of carbonyl (C=O) groups is 2. The van der Waals surface area contributed by atoms with Crippen LogP contribution in [0, 0.1) is 5.92 Å². The summed E-state index contributed by atoms with van der Waals surface area (Å²) in [6.45, 7) is 5.68. The lowest BCUT2D eigenvalue weighted by atomic mass is 9.90. The van der Waals surface area contributed by atoms with E-state index in [-0.39, 0.29) is 12.5 Å². The minimum atomic E-state index is -1.64. The summed E-state index contributed by atoms with van der Waals surface area (Å²) >= 11 is 6.96. The maximum absolute atomic E-state index is 12.5. The Morgan fingerprint density at radius 3 is 2.43 bits per heavy atom. The maximum atomic E-state index is 12.5. The average Bonchev–Trinajstić information content (AvgIpc) is 3.38. The van der Waals surface area contributed by atoms with Gasteiger partial charge in [-0.3, -0.25) is 0 Å². The molecule has 3 aromatic carbocycles. The van der Waals surface area contributed by atoms with Crippen LogP contribution in [0.15, 0.2) is 75.7 Å². The number of benzene rings is 3. The molecule has 5 N–H and O–H groups in total. The average molecular weight is 796 g/mol. The number of fused-ring (bicyclic) bond motifs is 2. The van der Waals surface area contributed by atoms with Crippen molar-refractivity contribution in [3.05, 3.63) is 92.6 Å². The van der Waals surface area contributed by atoms with Gasteiger partial charge in [0.05, 0.1) is 11.0 Å². The molecule has 49 heavy (non-hydrogen) atoms. The van der Waals surface area contributed by atoms with Crippen LogP contribution in [0.4, 0.5) is 10.5 Å². The van der Waals surface area contributed by atoms with Crippen molar-refractivity contribution in [2.75, 3.05) is 45.1 Å². The van der Waals surface area contributed by atoms with Gasteiger partial charge in [-0.15, -0.1) is 0 Å². The number of carboxylic acids is 1. The first kappa shape index (κ1) is 35.5. The number of rotatable bonds is 7. The first-order valence-electron chi connectivity index (χ1n) is 17.1. The van der Waals surface area contributed by atoms with Gasteiger partial charge in [0.15, 0.2) is 5.54 Å². The summed E-state index contributed by atoms with van der Waals surface area (Å²) in [5, 5.41) is 16.6. The van der Waals surface area contributed by atoms with Crippen LogP contribution in [-0.2, 0) is 29.7 Å². The van der Waals surface area contributed by atoms with Crippen molar-refractivity contribution in [2.45, 2.75) is 56.7 Å². The van der Waals surface area contributed by atoms with Crippen molar-refractivity contribution in [2.24, 2.45) is 11.7 Å². The number of nitrogens with one attached hydrogen (secondary N) is 2. The summed E-state index contributed by atoms with van der Waals surface area (Å²) in [6.07, 6.45) is 5.36. The van der Waals surface area contributed by atoms with Crippen LogP contribution in [0.3, 0.4) is 0 Å². The first-order chi connectivity index (χ1) is 23.6. The van der Waals surface area contributed by atoms with E-state index in [4.69, 9.17) is 10.7 Å². The highest BCUT2D eigenvalue weighted by atomic mass is 79.9. The Hall–Kier alpha value is -3.29. The molecule has 0 aliphatic carbocycles. The van der Waals surface area contributed by atoms with Crippen molar-refractivity contribution in [3.63, 3.8) is 0 Å². The summed E-state index contributed by atoms with van der Waals surface area (Å²) < 4.78 is 3.81. The fourth-order valence-electron chi connectivity index (χ4n) is 7.18. The second kappa shape index (κ2) is 15.7. The molecule has 260 valence electrons. The van der Waals surface area contributed by atoms with Gasteiger partial charge in [-0.05, 0) is 145 Å². The fourth-order valence-corrected chi connectivity index (χ4v) is 7.85. The normalized spacial score (nSPS) is 18.9. The van der Waals surface area contributed by atoms with Gasteiger partial charge in [0.25, 0.3) is 0 Å². The number of hydrogen-bond donors (Lipinski definition) is 4. The molecule has 3 aliphatic rings. The number of urea groups is 1. The van der Waals surface area contributed by atoms with Crippen molar-refractivity contribution >= 4 is 60.6 Å². The first-order valence-corrected chi connectivity index (χ1v) is 18.7. The molecule has 2 saturated heterocycles. The van der Waals surface area contributed by atoms with E-state index in [0.717, 1.165) is 103 Å². The van der Waals surface area contributed by atoms with Crippen LogP contribution in [0.25, 0.3) is 11.0 Å². The highest BCUT2D eigenvalue weighted by Gasteiger charge is 2.42. The largest absolute Gasteiger partial charge is 0.480 e. The highest BCUT2D eigenvalue weighted by molar-refractivity contribution is 9.13. The molecule has 2 amide bonds. The second-order valence-electron chi connectivity index (χ2n) is 13.5. The van der Waals surface area contributed by atoms with Gasteiger partial charge in [0.1, 0.15) is 5.82 Å². The van der Waals surface area contributed by atoms with E-state index in [2.05, 4.69) is 60.5 Å². The Kier molecular flexibility index (Phi) is 11.4. The third-order valence-electron chi connectivity index (χ3n) is 10.1. The van der Waals surface area contributed by atoms with E-state index >= 15 is 0 Å². The van der Waals surface area contributed by atoms with Crippen molar-refractivity contribution in [3.8, 4) is 0 Å². The Bertz CT molecular complexity index is 1780. The zero-order chi connectivity index (χ0) is 34.5. The molecule has 1 unspecified atom stereocenters. The number of halogens is 2. The SMILES string of the molecule is CN1CCC(Cn2c(C(N)(Cc3ccc(Br)c(Br)c3)C(=O)O)nc3ccccc32)CC1.O=C1Nc2ccccc2CCN1C1CCNCC1. The number of anilines is 1. The zero-order valence-electron chi connectivity index (χ0n) is 27.9. The van der Waals surface area contributed by atoms with E-state index in [1.54, 1.807) is 0 Å². The molecule has 10 nitrogen and oxygen atoms in total. The van der Waals surface area contributed by atoms with Gasteiger partial charge in [0, 0.05) is 40.2 Å². The Morgan fingerprint density at radius 1 is 0.980 bits per heavy atom. The van der Waals surface area contributed by atoms with Crippen LogP contribution in [0.5, 0.6) is 0 Å². The quantitative estimate of drug-likeness (QED) is 0.175. The number of aliphatic carboxylic acids is 1.